The molecule has 1 heterocycles. The highest BCUT2D eigenvalue weighted by molar-refractivity contribution is 5.93. The largest absolute Gasteiger partial charge is 0.459 e. The maximum atomic E-state index is 11.5. The van der Waals surface area contributed by atoms with Crippen LogP contribution in [0.3, 0.4) is 0 Å². The quantitative estimate of drug-likeness (QED) is 0.365. The summed E-state index contributed by atoms with van der Waals surface area (Å²) in [5.74, 6) is -0.702. The molecule has 0 spiro atoms. The van der Waals surface area contributed by atoms with Gasteiger partial charge in [-0.05, 0) is 44.5 Å². The van der Waals surface area contributed by atoms with Gasteiger partial charge in [-0.2, -0.15) is 5.26 Å². The van der Waals surface area contributed by atoms with Crippen molar-refractivity contribution in [3.05, 3.63) is 23.9 Å². The van der Waals surface area contributed by atoms with Crippen molar-refractivity contribution in [3.63, 3.8) is 0 Å². The van der Waals surface area contributed by atoms with Crippen LogP contribution < -0.4 is 0 Å². The van der Waals surface area contributed by atoms with Crippen LogP contribution >= 0.6 is 0 Å². The molecule has 0 aliphatic carbocycles. The Kier molecular flexibility index (Phi) is 11.0. The average Bonchev–Trinajstić information content (AvgIpc) is 2.52. The maximum Gasteiger partial charge on any atom is 0.348 e. The molecule has 1 N–H and O–H groups in total. The molecular weight excluding hydrogens is 268 g/mol. The molecule has 1 fully saturated rings. The number of hydrogen-bond donors (Lipinski definition) is 1. The van der Waals surface area contributed by atoms with E-state index in [0.717, 1.165) is 13.1 Å². The first-order valence-corrected chi connectivity index (χ1v) is 7.51. The molecule has 5 nitrogen and oxygen atoms in total. The van der Waals surface area contributed by atoms with Gasteiger partial charge in [0.2, 0.25) is 0 Å². The number of nitrogens with zero attached hydrogens (tertiary/aromatic N) is 2. The summed E-state index contributed by atoms with van der Waals surface area (Å²) in [5.41, 5.74) is -0.0612. The average molecular weight is 294 g/mol. The van der Waals surface area contributed by atoms with Crippen LogP contribution in [0.25, 0.3) is 0 Å². The van der Waals surface area contributed by atoms with Crippen LogP contribution in [0.2, 0.25) is 0 Å². The number of hydrogen-bond acceptors (Lipinski definition) is 5. The van der Waals surface area contributed by atoms with Crippen LogP contribution in [0.15, 0.2) is 23.9 Å². The molecule has 1 saturated heterocycles. The van der Waals surface area contributed by atoms with E-state index in [2.05, 4.69) is 4.90 Å². The summed E-state index contributed by atoms with van der Waals surface area (Å²) in [6, 6.07) is 1.80. The van der Waals surface area contributed by atoms with Crippen molar-refractivity contribution in [1.82, 2.24) is 4.90 Å². The molecule has 0 radical (unpaired) electrons. The van der Waals surface area contributed by atoms with Crippen LogP contribution in [0, 0.1) is 11.3 Å². The summed E-state index contributed by atoms with van der Waals surface area (Å²) in [5, 5.41) is 17.9. The maximum absolute atomic E-state index is 11.5. The van der Waals surface area contributed by atoms with E-state index >= 15 is 0 Å². The summed E-state index contributed by atoms with van der Waals surface area (Å²) in [4.78, 5) is 13.7. The lowest BCUT2D eigenvalue weighted by Crippen LogP contribution is -2.24. The van der Waals surface area contributed by atoms with Crippen LogP contribution in [0.4, 0.5) is 0 Å². The number of ether oxygens (including phenoxy) is 1. The standard InChI is InChI=1S/C14H20N2O3.C2H6/c1-12(17)11-19-14(18)13(10-15)6-5-9-16-7-3-2-4-8-16;1-2/h5-6,9,12,17H,2-4,7-8,11H2,1H3;1-2H3/b9-5+,13-6+;. The van der Waals surface area contributed by atoms with Gasteiger partial charge in [0, 0.05) is 13.1 Å². The number of carbonyl (C=O) groups is 1. The fourth-order valence-corrected chi connectivity index (χ4v) is 1.75. The molecule has 21 heavy (non-hydrogen) atoms. The SMILES string of the molecule is CC.CC(O)COC(=O)/C(C#N)=C/C=C/N1CCCCC1. The highest BCUT2D eigenvalue weighted by Gasteiger charge is 2.10. The zero-order valence-electron chi connectivity index (χ0n) is 13.2. The van der Waals surface area contributed by atoms with Crippen molar-refractivity contribution in [2.24, 2.45) is 0 Å². The summed E-state index contributed by atoms with van der Waals surface area (Å²) in [6.07, 6.45) is 7.90. The topological polar surface area (TPSA) is 73.6 Å². The number of aliphatic hydroxyl groups excluding tert-OH is 1. The molecule has 118 valence electrons. The number of piperidine rings is 1. The number of allylic oxidation sites excluding steroid dienone is 2. The van der Waals surface area contributed by atoms with Crippen molar-refractivity contribution in [2.45, 2.75) is 46.1 Å². The molecule has 0 aromatic carbocycles. The van der Waals surface area contributed by atoms with Crippen molar-refractivity contribution in [2.75, 3.05) is 19.7 Å². The smallest absolute Gasteiger partial charge is 0.348 e. The van der Waals surface area contributed by atoms with Gasteiger partial charge in [-0.15, -0.1) is 0 Å². The zero-order chi connectivity index (χ0) is 16.1. The molecule has 1 atom stereocenters. The minimum atomic E-state index is -0.729. The Morgan fingerprint density at radius 3 is 2.52 bits per heavy atom. The second-order valence-corrected chi connectivity index (χ2v) is 4.58. The van der Waals surface area contributed by atoms with E-state index in [1.807, 2.05) is 20.0 Å². The fraction of sp³-hybridized carbons (Fsp3) is 0.625. The van der Waals surface area contributed by atoms with E-state index < -0.39 is 12.1 Å². The van der Waals surface area contributed by atoms with Crippen molar-refractivity contribution in [3.8, 4) is 6.07 Å². The third-order valence-corrected chi connectivity index (χ3v) is 2.75. The molecule has 1 unspecified atom stereocenters. The normalized spacial score (nSPS) is 16.7. The minimum Gasteiger partial charge on any atom is -0.459 e. The Labute approximate surface area is 127 Å². The number of likely N-dealkylation sites (tertiary alicyclic amines) is 1. The Balaban J connectivity index is 0.00000191. The van der Waals surface area contributed by atoms with Crippen molar-refractivity contribution in [1.29, 1.82) is 5.26 Å². The van der Waals surface area contributed by atoms with Crippen LogP contribution in [0.5, 0.6) is 0 Å². The third kappa shape index (κ3) is 8.87. The molecule has 1 rings (SSSR count). The summed E-state index contributed by atoms with van der Waals surface area (Å²) in [6.45, 7) is 7.43. The van der Waals surface area contributed by atoms with Crippen molar-refractivity contribution < 1.29 is 14.6 Å². The molecule has 0 saturated carbocycles. The fourth-order valence-electron chi connectivity index (χ4n) is 1.75. The molecule has 1 aliphatic rings. The number of nitriles is 1. The number of rotatable bonds is 5. The van der Waals surface area contributed by atoms with Gasteiger partial charge >= 0.3 is 5.97 Å². The molecule has 1 aliphatic heterocycles. The molecular formula is C16H26N2O3. The number of carbonyl (C=O) groups excluding carboxylic acids is 1. The zero-order valence-corrected chi connectivity index (χ0v) is 13.2. The predicted octanol–water partition coefficient (Wildman–Crippen LogP) is 2.39. The molecule has 0 aromatic heterocycles. The van der Waals surface area contributed by atoms with Gasteiger partial charge in [-0.1, -0.05) is 13.8 Å². The highest BCUT2D eigenvalue weighted by atomic mass is 16.5. The second kappa shape index (κ2) is 12.0. The summed E-state index contributed by atoms with van der Waals surface area (Å²) in [7, 11) is 0. The molecule has 0 amide bonds. The first-order valence-electron chi connectivity index (χ1n) is 7.51. The summed E-state index contributed by atoms with van der Waals surface area (Å²) < 4.78 is 4.77. The van der Waals surface area contributed by atoms with Crippen LogP contribution in [-0.2, 0) is 9.53 Å². The molecule has 0 aromatic rings. The number of aliphatic hydroxyl groups is 1. The van der Waals surface area contributed by atoms with Gasteiger partial charge in [-0.25, -0.2) is 4.79 Å². The lowest BCUT2D eigenvalue weighted by atomic mass is 10.1. The predicted molar refractivity (Wildman–Crippen MR) is 82.2 cm³/mol. The highest BCUT2D eigenvalue weighted by Crippen LogP contribution is 2.09. The van der Waals surface area contributed by atoms with E-state index in [9.17, 15) is 4.79 Å². The molecule has 0 bridgehead atoms. The van der Waals surface area contributed by atoms with E-state index in [-0.39, 0.29) is 12.2 Å². The second-order valence-electron chi connectivity index (χ2n) is 4.58. The Morgan fingerprint density at radius 1 is 1.38 bits per heavy atom. The monoisotopic (exact) mass is 294 g/mol. The van der Waals surface area contributed by atoms with E-state index in [1.54, 1.807) is 12.1 Å². The third-order valence-electron chi connectivity index (χ3n) is 2.75. The van der Waals surface area contributed by atoms with Gasteiger partial charge in [0.25, 0.3) is 0 Å². The summed E-state index contributed by atoms with van der Waals surface area (Å²) >= 11 is 0. The lowest BCUT2D eigenvalue weighted by molar-refractivity contribution is -0.141. The first-order chi connectivity index (χ1) is 10.1. The van der Waals surface area contributed by atoms with Crippen LogP contribution in [-0.4, -0.2) is 41.8 Å². The minimum absolute atomic E-state index is 0.0612. The number of esters is 1. The Morgan fingerprint density at radius 2 is 2.00 bits per heavy atom. The van der Waals surface area contributed by atoms with Gasteiger partial charge < -0.3 is 14.7 Å². The molecule has 5 heteroatoms. The van der Waals surface area contributed by atoms with Crippen molar-refractivity contribution >= 4 is 5.97 Å². The van der Waals surface area contributed by atoms with Gasteiger partial charge in [0.1, 0.15) is 18.2 Å². The van der Waals surface area contributed by atoms with Gasteiger partial charge in [0.15, 0.2) is 0 Å². The van der Waals surface area contributed by atoms with Crippen LogP contribution in [0.1, 0.15) is 40.0 Å². The van der Waals surface area contributed by atoms with E-state index in [1.165, 1.54) is 32.3 Å². The van der Waals surface area contributed by atoms with E-state index in [4.69, 9.17) is 15.1 Å². The first kappa shape index (κ1) is 19.2. The van der Waals surface area contributed by atoms with E-state index in [0.29, 0.717) is 0 Å². The lowest BCUT2D eigenvalue weighted by Gasteiger charge is -2.24. The van der Waals surface area contributed by atoms with Gasteiger partial charge in [0.05, 0.1) is 6.10 Å². The van der Waals surface area contributed by atoms with Gasteiger partial charge in [-0.3, -0.25) is 0 Å². The Hall–Kier alpha value is -1.80. The Bertz CT molecular complexity index is 389.